The molecule has 1 amide bonds. The molecule has 0 fully saturated rings. The number of carbonyl (C=O) groups is 2. The van der Waals surface area contributed by atoms with Gasteiger partial charge in [-0.1, -0.05) is 29.8 Å². The average Bonchev–Trinajstić information content (AvgIpc) is 2.75. The first kappa shape index (κ1) is 23.3. The fourth-order valence-electron chi connectivity index (χ4n) is 2.81. The van der Waals surface area contributed by atoms with Gasteiger partial charge in [-0.2, -0.15) is 0 Å². The zero-order valence-corrected chi connectivity index (χ0v) is 19.2. The number of carboxylic acid groups (broad SMARTS) is 1. The molecular formula is C24H23N3O3S2. The lowest BCUT2D eigenvalue weighted by molar-refractivity contribution is -0.115. The minimum atomic E-state index is -1.04. The van der Waals surface area contributed by atoms with E-state index in [0.29, 0.717) is 10.8 Å². The van der Waals surface area contributed by atoms with Crippen LogP contribution in [0.5, 0.6) is 0 Å². The number of rotatable bonds is 7. The molecule has 0 aliphatic carbocycles. The Morgan fingerprint density at radius 3 is 2.19 bits per heavy atom. The van der Waals surface area contributed by atoms with E-state index in [9.17, 15) is 9.59 Å². The van der Waals surface area contributed by atoms with E-state index in [0.717, 1.165) is 16.3 Å². The van der Waals surface area contributed by atoms with Crippen LogP contribution in [0.3, 0.4) is 0 Å². The van der Waals surface area contributed by atoms with Crippen LogP contribution in [-0.4, -0.2) is 27.3 Å². The van der Waals surface area contributed by atoms with Crippen molar-refractivity contribution in [3.8, 4) is 0 Å². The highest BCUT2D eigenvalue weighted by molar-refractivity contribution is 8.00. The SMILES string of the molecule is Cc1ccc(NC(=S)Nc2cccc(SC(C)C(=O)Nc3cccc(C(=O)O)c3)c2)cc1. The molecule has 1 unspecified atom stereocenters. The number of carbonyl (C=O) groups excluding carboxylic acids is 1. The van der Waals surface area contributed by atoms with Crippen LogP contribution in [0.4, 0.5) is 17.1 Å². The van der Waals surface area contributed by atoms with E-state index < -0.39 is 11.2 Å². The van der Waals surface area contributed by atoms with Crippen molar-refractivity contribution >= 4 is 58.0 Å². The number of carboxylic acids is 1. The van der Waals surface area contributed by atoms with Gasteiger partial charge >= 0.3 is 5.97 Å². The molecule has 0 saturated carbocycles. The predicted molar refractivity (Wildman–Crippen MR) is 135 cm³/mol. The minimum Gasteiger partial charge on any atom is -0.478 e. The molecule has 164 valence electrons. The second-order valence-corrected chi connectivity index (χ2v) is 8.93. The summed E-state index contributed by atoms with van der Waals surface area (Å²) in [5.74, 6) is -1.25. The van der Waals surface area contributed by atoms with Crippen LogP contribution >= 0.6 is 24.0 Å². The smallest absolute Gasteiger partial charge is 0.335 e. The van der Waals surface area contributed by atoms with Gasteiger partial charge in [0, 0.05) is 22.0 Å². The van der Waals surface area contributed by atoms with Crippen LogP contribution in [0.2, 0.25) is 0 Å². The number of amides is 1. The molecule has 8 heteroatoms. The Morgan fingerprint density at radius 2 is 1.50 bits per heavy atom. The number of hydrogen-bond acceptors (Lipinski definition) is 4. The molecule has 0 bridgehead atoms. The molecule has 0 spiro atoms. The number of aromatic carboxylic acids is 1. The van der Waals surface area contributed by atoms with Crippen LogP contribution in [0.1, 0.15) is 22.8 Å². The Kier molecular flexibility index (Phi) is 7.86. The van der Waals surface area contributed by atoms with E-state index in [1.54, 1.807) is 19.1 Å². The van der Waals surface area contributed by atoms with Crippen molar-refractivity contribution in [1.29, 1.82) is 0 Å². The van der Waals surface area contributed by atoms with Crippen LogP contribution in [0, 0.1) is 6.92 Å². The van der Waals surface area contributed by atoms with Gasteiger partial charge in [0.2, 0.25) is 5.91 Å². The van der Waals surface area contributed by atoms with E-state index >= 15 is 0 Å². The zero-order chi connectivity index (χ0) is 23.1. The molecule has 0 radical (unpaired) electrons. The van der Waals surface area contributed by atoms with Crippen LogP contribution in [0.25, 0.3) is 0 Å². The number of nitrogens with one attached hydrogen (secondary N) is 3. The highest BCUT2D eigenvalue weighted by Gasteiger charge is 2.15. The van der Waals surface area contributed by atoms with Crippen LogP contribution in [0.15, 0.2) is 77.7 Å². The van der Waals surface area contributed by atoms with Gasteiger partial charge in [-0.25, -0.2) is 4.79 Å². The maximum Gasteiger partial charge on any atom is 0.335 e. The largest absolute Gasteiger partial charge is 0.478 e. The number of thioether (sulfide) groups is 1. The first-order chi connectivity index (χ1) is 15.3. The summed E-state index contributed by atoms with van der Waals surface area (Å²) in [6, 6.07) is 21.7. The Labute approximate surface area is 196 Å². The van der Waals surface area contributed by atoms with Gasteiger partial charge in [0.15, 0.2) is 5.11 Å². The van der Waals surface area contributed by atoms with Crippen molar-refractivity contribution in [3.05, 3.63) is 83.9 Å². The van der Waals surface area contributed by atoms with Gasteiger partial charge in [-0.3, -0.25) is 4.79 Å². The third-order valence-corrected chi connectivity index (χ3v) is 5.76. The quantitative estimate of drug-likeness (QED) is 0.266. The molecule has 0 aliphatic rings. The standard InChI is InChI=1S/C24H23N3O3S2/c1-15-9-11-18(12-10-15)26-24(31)27-20-7-4-8-21(14-20)32-16(2)22(28)25-19-6-3-5-17(13-19)23(29)30/h3-14,16H,1-2H3,(H,25,28)(H,29,30)(H2,26,27,31). The van der Waals surface area contributed by atoms with E-state index in [2.05, 4.69) is 16.0 Å². The molecule has 3 rings (SSSR count). The second kappa shape index (κ2) is 10.8. The topological polar surface area (TPSA) is 90.5 Å². The zero-order valence-electron chi connectivity index (χ0n) is 17.6. The maximum atomic E-state index is 12.6. The molecule has 4 N–H and O–H groups in total. The predicted octanol–water partition coefficient (Wildman–Crippen LogP) is 5.62. The third-order valence-electron chi connectivity index (χ3n) is 4.46. The van der Waals surface area contributed by atoms with Gasteiger partial charge in [0.25, 0.3) is 0 Å². The van der Waals surface area contributed by atoms with E-state index in [1.807, 2.05) is 55.5 Å². The van der Waals surface area contributed by atoms with Crippen LogP contribution in [-0.2, 0) is 4.79 Å². The third kappa shape index (κ3) is 6.83. The molecule has 32 heavy (non-hydrogen) atoms. The summed E-state index contributed by atoms with van der Waals surface area (Å²) < 4.78 is 0. The molecule has 0 saturated heterocycles. The minimum absolute atomic E-state index is 0.122. The van der Waals surface area contributed by atoms with Crippen molar-refractivity contribution in [1.82, 2.24) is 0 Å². The summed E-state index contributed by atoms with van der Waals surface area (Å²) in [7, 11) is 0. The van der Waals surface area contributed by atoms with Crippen molar-refractivity contribution in [2.24, 2.45) is 0 Å². The van der Waals surface area contributed by atoms with E-state index in [-0.39, 0.29) is 11.5 Å². The van der Waals surface area contributed by atoms with Crippen molar-refractivity contribution in [2.75, 3.05) is 16.0 Å². The molecule has 0 heterocycles. The molecule has 0 aliphatic heterocycles. The number of benzene rings is 3. The first-order valence-corrected chi connectivity index (χ1v) is 11.1. The molecule has 0 aromatic heterocycles. The number of aryl methyl sites for hydroxylation is 1. The van der Waals surface area contributed by atoms with Crippen molar-refractivity contribution < 1.29 is 14.7 Å². The molecule has 3 aromatic rings. The lowest BCUT2D eigenvalue weighted by Crippen LogP contribution is -2.22. The van der Waals surface area contributed by atoms with E-state index in [1.165, 1.54) is 29.5 Å². The molecule has 1 atom stereocenters. The monoisotopic (exact) mass is 465 g/mol. The summed E-state index contributed by atoms with van der Waals surface area (Å²) >= 11 is 6.79. The Balaban J connectivity index is 1.57. The van der Waals surface area contributed by atoms with Gasteiger partial charge in [-0.05, 0) is 74.6 Å². The lowest BCUT2D eigenvalue weighted by Gasteiger charge is -2.14. The first-order valence-electron chi connectivity index (χ1n) is 9.86. The van der Waals surface area contributed by atoms with Crippen molar-refractivity contribution in [3.63, 3.8) is 0 Å². The van der Waals surface area contributed by atoms with Gasteiger partial charge in [0.05, 0.1) is 10.8 Å². The summed E-state index contributed by atoms with van der Waals surface area (Å²) in [4.78, 5) is 24.6. The number of anilines is 3. The maximum absolute atomic E-state index is 12.6. The summed E-state index contributed by atoms with van der Waals surface area (Å²) in [6.45, 7) is 3.82. The number of thiocarbonyl (C=S) groups is 1. The fraction of sp³-hybridized carbons (Fsp3) is 0.125. The van der Waals surface area contributed by atoms with E-state index in [4.69, 9.17) is 17.3 Å². The second-order valence-electron chi connectivity index (χ2n) is 7.11. The Bertz CT molecular complexity index is 1130. The Hall–Kier alpha value is -3.36. The summed E-state index contributed by atoms with van der Waals surface area (Å²) in [5, 5.41) is 18.2. The summed E-state index contributed by atoms with van der Waals surface area (Å²) in [5.41, 5.74) is 3.45. The molecule has 3 aromatic carbocycles. The number of hydrogen-bond donors (Lipinski definition) is 4. The lowest BCUT2D eigenvalue weighted by atomic mass is 10.2. The fourth-order valence-corrected chi connectivity index (χ4v) is 3.97. The van der Waals surface area contributed by atoms with Gasteiger partial charge in [0.1, 0.15) is 0 Å². The van der Waals surface area contributed by atoms with Gasteiger partial charge < -0.3 is 21.1 Å². The highest BCUT2D eigenvalue weighted by atomic mass is 32.2. The van der Waals surface area contributed by atoms with Crippen LogP contribution < -0.4 is 16.0 Å². The summed E-state index contributed by atoms with van der Waals surface area (Å²) in [6.07, 6.45) is 0. The molecule has 6 nitrogen and oxygen atoms in total. The highest BCUT2D eigenvalue weighted by Crippen LogP contribution is 2.27. The van der Waals surface area contributed by atoms with Gasteiger partial charge in [-0.15, -0.1) is 11.8 Å². The van der Waals surface area contributed by atoms with Crippen molar-refractivity contribution in [2.45, 2.75) is 24.0 Å². The normalized spacial score (nSPS) is 11.3. The molecular weight excluding hydrogens is 442 g/mol. The average molecular weight is 466 g/mol. The Morgan fingerprint density at radius 1 is 0.875 bits per heavy atom.